The smallest absolute Gasteiger partial charge is 0.234 e. The number of amides is 1. The van der Waals surface area contributed by atoms with Crippen LogP contribution in [-0.2, 0) is 11.2 Å². The fraction of sp³-hybridized carbons (Fsp3) is 0.167. The Morgan fingerprint density at radius 1 is 1.33 bits per heavy atom. The predicted octanol–water partition coefficient (Wildman–Crippen LogP) is 3.06. The molecule has 0 saturated carbocycles. The molecule has 2 heterocycles. The van der Waals surface area contributed by atoms with Crippen molar-refractivity contribution in [3.63, 3.8) is 0 Å². The highest BCUT2D eigenvalue weighted by atomic mass is 35.5. The highest BCUT2D eigenvalue weighted by molar-refractivity contribution is 7.16. The molecule has 0 fully saturated rings. The Morgan fingerprint density at radius 3 is 2.95 bits per heavy atom. The number of hydrogen-bond donors (Lipinski definition) is 1. The second kappa shape index (κ2) is 5.97. The molecule has 3 aromatic rings. The fourth-order valence-corrected chi connectivity index (χ4v) is 2.83. The standard InChI is InChI=1S/C12H9Cl2N5OS/c13-8-2-1-7(5-9(8)14)16-10(20)3-4-11-18-19-6-15-17-12(19)21-11/h1-2,5-6H,3-4H2,(H,16,20). The predicted molar refractivity (Wildman–Crippen MR) is 82.1 cm³/mol. The molecular formula is C12H9Cl2N5OS. The van der Waals surface area contributed by atoms with Crippen molar-refractivity contribution in [2.45, 2.75) is 12.8 Å². The number of hydrogen-bond acceptors (Lipinski definition) is 5. The highest BCUT2D eigenvalue weighted by Gasteiger charge is 2.09. The molecule has 108 valence electrons. The number of anilines is 1. The maximum Gasteiger partial charge on any atom is 0.234 e. The normalized spacial score (nSPS) is 11.0. The number of carbonyl (C=O) groups is 1. The minimum Gasteiger partial charge on any atom is -0.326 e. The van der Waals surface area contributed by atoms with Gasteiger partial charge in [-0.05, 0) is 18.2 Å². The molecule has 2 aromatic heterocycles. The van der Waals surface area contributed by atoms with Crippen LogP contribution in [0.15, 0.2) is 24.5 Å². The molecule has 9 heteroatoms. The van der Waals surface area contributed by atoms with E-state index in [0.717, 1.165) is 9.97 Å². The van der Waals surface area contributed by atoms with Crippen molar-refractivity contribution in [3.8, 4) is 0 Å². The number of nitrogens with one attached hydrogen (secondary N) is 1. The summed E-state index contributed by atoms with van der Waals surface area (Å²) >= 11 is 13.1. The summed E-state index contributed by atoms with van der Waals surface area (Å²) in [5.41, 5.74) is 0.618. The molecule has 0 unspecified atom stereocenters. The first-order chi connectivity index (χ1) is 10.1. The molecule has 0 aliphatic carbocycles. The second-order valence-electron chi connectivity index (χ2n) is 4.23. The van der Waals surface area contributed by atoms with E-state index < -0.39 is 0 Å². The number of nitrogens with zero attached hydrogens (tertiary/aromatic N) is 4. The molecule has 0 bridgehead atoms. The number of carbonyl (C=O) groups excluding carboxylic acids is 1. The van der Waals surface area contributed by atoms with Gasteiger partial charge in [-0.25, -0.2) is 0 Å². The number of aryl methyl sites for hydroxylation is 1. The lowest BCUT2D eigenvalue weighted by Gasteiger charge is -2.05. The summed E-state index contributed by atoms with van der Waals surface area (Å²) in [4.78, 5) is 12.6. The lowest BCUT2D eigenvalue weighted by Crippen LogP contribution is -2.12. The molecule has 0 radical (unpaired) electrons. The van der Waals surface area contributed by atoms with Crippen LogP contribution in [-0.4, -0.2) is 25.7 Å². The van der Waals surface area contributed by atoms with Gasteiger partial charge in [0.05, 0.1) is 10.0 Å². The van der Waals surface area contributed by atoms with E-state index in [1.165, 1.54) is 17.7 Å². The van der Waals surface area contributed by atoms with Crippen LogP contribution in [0.3, 0.4) is 0 Å². The quantitative estimate of drug-likeness (QED) is 0.791. The third kappa shape index (κ3) is 3.31. The Morgan fingerprint density at radius 2 is 2.19 bits per heavy atom. The molecule has 6 nitrogen and oxygen atoms in total. The second-order valence-corrected chi connectivity index (χ2v) is 6.09. The largest absolute Gasteiger partial charge is 0.326 e. The van der Waals surface area contributed by atoms with Gasteiger partial charge >= 0.3 is 0 Å². The van der Waals surface area contributed by atoms with Crippen LogP contribution < -0.4 is 5.32 Å². The van der Waals surface area contributed by atoms with Crippen LogP contribution in [0.1, 0.15) is 11.4 Å². The molecule has 1 N–H and O–H groups in total. The van der Waals surface area contributed by atoms with Crippen LogP contribution in [0, 0.1) is 0 Å². The van der Waals surface area contributed by atoms with Crippen molar-refractivity contribution >= 4 is 51.1 Å². The van der Waals surface area contributed by atoms with Crippen molar-refractivity contribution in [1.82, 2.24) is 19.8 Å². The van der Waals surface area contributed by atoms with E-state index in [1.54, 1.807) is 22.7 Å². The molecule has 1 amide bonds. The molecule has 21 heavy (non-hydrogen) atoms. The summed E-state index contributed by atoms with van der Waals surface area (Å²) in [6.07, 6.45) is 2.40. The van der Waals surface area contributed by atoms with E-state index in [2.05, 4.69) is 20.6 Å². The van der Waals surface area contributed by atoms with Crippen LogP contribution >= 0.6 is 34.5 Å². The SMILES string of the molecule is O=C(CCc1nn2cnnc2s1)Nc1ccc(Cl)c(Cl)c1. The lowest BCUT2D eigenvalue weighted by molar-refractivity contribution is -0.116. The van der Waals surface area contributed by atoms with Crippen molar-refractivity contribution in [2.75, 3.05) is 5.32 Å². The third-order valence-electron chi connectivity index (χ3n) is 2.70. The van der Waals surface area contributed by atoms with Gasteiger partial charge < -0.3 is 5.32 Å². The van der Waals surface area contributed by atoms with Crippen LogP contribution in [0.25, 0.3) is 4.96 Å². The van der Waals surface area contributed by atoms with Crippen LogP contribution in [0.5, 0.6) is 0 Å². The molecular weight excluding hydrogens is 333 g/mol. The molecule has 0 spiro atoms. The molecule has 0 aliphatic heterocycles. The maximum atomic E-state index is 11.9. The summed E-state index contributed by atoms with van der Waals surface area (Å²) in [5.74, 6) is -0.112. The van der Waals surface area contributed by atoms with E-state index in [0.29, 0.717) is 28.6 Å². The van der Waals surface area contributed by atoms with Gasteiger partial charge in [-0.1, -0.05) is 34.5 Å². The maximum absolute atomic E-state index is 11.9. The molecule has 3 rings (SSSR count). The first kappa shape index (κ1) is 14.2. The number of benzene rings is 1. The fourth-order valence-electron chi connectivity index (χ4n) is 1.72. The number of aromatic nitrogens is 4. The zero-order valence-corrected chi connectivity index (χ0v) is 12.9. The Hall–Kier alpha value is -1.70. The van der Waals surface area contributed by atoms with E-state index in [-0.39, 0.29) is 5.91 Å². The Labute approximate surface area is 133 Å². The van der Waals surface area contributed by atoms with E-state index in [4.69, 9.17) is 23.2 Å². The van der Waals surface area contributed by atoms with Crippen molar-refractivity contribution < 1.29 is 4.79 Å². The van der Waals surface area contributed by atoms with Crippen LogP contribution in [0.4, 0.5) is 5.69 Å². The zero-order valence-electron chi connectivity index (χ0n) is 10.6. The molecule has 0 aliphatic rings. The minimum absolute atomic E-state index is 0.112. The number of halogens is 2. The van der Waals surface area contributed by atoms with E-state index in [9.17, 15) is 4.79 Å². The zero-order chi connectivity index (χ0) is 14.8. The molecule has 1 aromatic carbocycles. The summed E-state index contributed by atoms with van der Waals surface area (Å²) in [6.45, 7) is 0. The van der Waals surface area contributed by atoms with Gasteiger partial charge in [0, 0.05) is 18.5 Å². The highest BCUT2D eigenvalue weighted by Crippen LogP contribution is 2.25. The van der Waals surface area contributed by atoms with Gasteiger partial charge in [0.15, 0.2) is 0 Å². The summed E-state index contributed by atoms with van der Waals surface area (Å²) in [7, 11) is 0. The van der Waals surface area contributed by atoms with Gasteiger partial charge in [0.25, 0.3) is 0 Å². The first-order valence-electron chi connectivity index (χ1n) is 6.02. The first-order valence-corrected chi connectivity index (χ1v) is 7.60. The van der Waals surface area contributed by atoms with Crippen LogP contribution in [0.2, 0.25) is 10.0 Å². The third-order valence-corrected chi connectivity index (χ3v) is 4.41. The van der Waals surface area contributed by atoms with Crippen molar-refractivity contribution in [2.24, 2.45) is 0 Å². The average molecular weight is 342 g/mol. The molecule has 0 saturated heterocycles. The van der Waals surface area contributed by atoms with Gasteiger partial charge in [0.2, 0.25) is 10.9 Å². The van der Waals surface area contributed by atoms with Crippen molar-refractivity contribution in [1.29, 1.82) is 0 Å². The number of fused-ring (bicyclic) bond motifs is 1. The van der Waals surface area contributed by atoms with Gasteiger partial charge in [-0.3, -0.25) is 4.79 Å². The lowest BCUT2D eigenvalue weighted by atomic mass is 10.2. The Kier molecular flexibility index (Phi) is 4.05. The van der Waals surface area contributed by atoms with Gasteiger partial charge in [0.1, 0.15) is 11.3 Å². The van der Waals surface area contributed by atoms with Crippen molar-refractivity contribution in [3.05, 3.63) is 39.6 Å². The van der Waals surface area contributed by atoms with Gasteiger partial charge in [-0.2, -0.15) is 9.61 Å². The molecule has 0 atom stereocenters. The average Bonchev–Trinajstić information content (AvgIpc) is 3.01. The summed E-state index contributed by atoms with van der Waals surface area (Å²) < 4.78 is 1.59. The minimum atomic E-state index is -0.112. The Balaban J connectivity index is 1.58. The van der Waals surface area contributed by atoms with E-state index in [1.807, 2.05) is 0 Å². The topological polar surface area (TPSA) is 72.2 Å². The monoisotopic (exact) mass is 341 g/mol. The summed E-state index contributed by atoms with van der Waals surface area (Å²) in [5, 5.41) is 16.4. The number of rotatable bonds is 4. The van der Waals surface area contributed by atoms with E-state index >= 15 is 0 Å². The van der Waals surface area contributed by atoms with Gasteiger partial charge in [-0.15, -0.1) is 10.2 Å². The Bertz CT molecular complexity index is 771. The summed E-state index contributed by atoms with van der Waals surface area (Å²) in [6, 6.07) is 4.96.